The Morgan fingerprint density at radius 3 is 1.40 bits per heavy atom. The fraction of sp³-hybridized carbons (Fsp3) is 0. The number of carbonyl (C=O) groups is 2. The molecule has 0 aliphatic rings. The van der Waals surface area contributed by atoms with Crippen LogP contribution in [0.15, 0.2) is 36.4 Å². The molecule has 2 aromatic carbocycles. The van der Waals surface area contributed by atoms with E-state index in [0.29, 0.717) is 11.1 Å². The molecule has 0 amide bonds. The molecule has 4 nitrogen and oxygen atoms in total. The first-order valence-corrected chi connectivity index (χ1v) is 8.08. The summed E-state index contributed by atoms with van der Waals surface area (Å²) >= 11 is 2.65. The number of rotatable bonds is 3. The molecule has 2 rings (SSSR count). The normalized spacial score (nSPS) is 10.3. The Morgan fingerprint density at radius 1 is 0.750 bits per heavy atom. The van der Waals surface area contributed by atoms with Crippen LogP contribution < -0.4 is 8.70 Å². The van der Waals surface area contributed by atoms with Gasteiger partial charge in [-0.05, 0) is 0 Å². The van der Waals surface area contributed by atoms with Crippen LogP contribution in [0.3, 0.4) is 0 Å². The van der Waals surface area contributed by atoms with Gasteiger partial charge in [-0.15, -0.1) is 0 Å². The SMILES string of the molecule is O=C(O)c1cc([AsH2])ccc1-c1ccc([AsH2])cc1C(=O)O. The van der Waals surface area contributed by atoms with Crippen molar-refractivity contribution in [1.82, 2.24) is 0 Å². The van der Waals surface area contributed by atoms with E-state index in [4.69, 9.17) is 0 Å². The van der Waals surface area contributed by atoms with Crippen molar-refractivity contribution in [2.45, 2.75) is 0 Å². The van der Waals surface area contributed by atoms with Crippen LogP contribution in [-0.2, 0) is 0 Å². The van der Waals surface area contributed by atoms with Crippen LogP contribution in [0.5, 0.6) is 0 Å². The molecule has 0 radical (unpaired) electrons. The average molecular weight is 394 g/mol. The van der Waals surface area contributed by atoms with Gasteiger partial charge < -0.3 is 0 Å². The topological polar surface area (TPSA) is 74.6 Å². The summed E-state index contributed by atoms with van der Waals surface area (Å²) in [5.41, 5.74) is 1.13. The van der Waals surface area contributed by atoms with Gasteiger partial charge in [-0.1, -0.05) is 0 Å². The molecule has 0 saturated heterocycles. The molecule has 0 aromatic heterocycles. The Kier molecular flexibility index (Phi) is 4.37. The Morgan fingerprint density at radius 2 is 1.10 bits per heavy atom. The molecule has 6 heteroatoms. The zero-order valence-electron chi connectivity index (χ0n) is 10.3. The van der Waals surface area contributed by atoms with Crippen LogP contribution in [0.4, 0.5) is 0 Å². The predicted octanol–water partition coefficient (Wildman–Crippen LogP) is -0.733. The zero-order chi connectivity index (χ0) is 14.9. The van der Waals surface area contributed by atoms with E-state index in [1.807, 2.05) is 0 Å². The molecule has 0 fully saturated rings. The van der Waals surface area contributed by atoms with Crippen molar-refractivity contribution in [3.05, 3.63) is 47.5 Å². The molecular formula is C14H12As2O4. The maximum absolute atomic E-state index is 11.4. The zero-order valence-corrected chi connectivity index (χ0v) is 15.2. The summed E-state index contributed by atoms with van der Waals surface area (Å²) in [5.74, 6) is -2.11. The second kappa shape index (κ2) is 5.86. The van der Waals surface area contributed by atoms with Crippen molar-refractivity contribution in [2.24, 2.45) is 0 Å². The Bertz CT molecular complexity index is 649. The fourth-order valence-electron chi connectivity index (χ4n) is 1.95. The second-order valence-corrected chi connectivity index (χ2v) is 7.02. The van der Waals surface area contributed by atoms with E-state index in [-0.39, 0.29) is 11.1 Å². The van der Waals surface area contributed by atoms with Gasteiger partial charge in [-0.25, -0.2) is 0 Å². The first-order valence-electron chi connectivity index (χ1n) is 5.66. The van der Waals surface area contributed by atoms with E-state index in [2.05, 4.69) is 0 Å². The van der Waals surface area contributed by atoms with E-state index in [1.54, 1.807) is 36.4 Å². The molecule has 2 aromatic rings. The molecule has 0 bridgehead atoms. The summed E-state index contributed by atoms with van der Waals surface area (Å²) < 4.78 is 1.76. The van der Waals surface area contributed by atoms with Gasteiger partial charge >= 0.3 is 133 Å². The van der Waals surface area contributed by atoms with Gasteiger partial charge in [-0.3, -0.25) is 0 Å². The molecule has 0 aliphatic heterocycles. The van der Waals surface area contributed by atoms with E-state index in [0.717, 1.165) is 8.70 Å². The second-order valence-electron chi connectivity index (χ2n) is 4.22. The minimum absolute atomic E-state index is 0.128. The van der Waals surface area contributed by atoms with Crippen LogP contribution in [0.25, 0.3) is 11.1 Å². The number of hydrogen-bond acceptors (Lipinski definition) is 2. The van der Waals surface area contributed by atoms with Crippen LogP contribution in [0.1, 0.15) is 20.7 Å². The molecule has 2 N–H and O–H groups in total. The van der Waals surface area contributed by atoms with Crippen molar-refractivity contribution in [3.8, 4) is 11.1 Å². The van der Waals surface area contributed by atoms with E-state index < -0.39 is 11.9 Å². The molecule has 20 heavy (non-hydrogen) atoms. The van der Waals surface area contributed by atoms with E-state index in [9.17, 15) is 19.8 Å². The number of hydrogen-bond donors (Lipinski definition) is 2. The van der Waals surface area contributed by atoms with Crippen molar-refractivity contribution < 1.29 is 19.8 Å². The Hall–Kier alpha value is -1.50. The minimum atomic E-state index is -1.05. The van der Waals surface area contributed by atoms with Crippen LogP contribution in [0.2, 0.25) is 0 Å². The molecule has 2 unspecified atom stereocenters. The third-order valence-corrected chi connectivity index (χ3v) is 4.35. The number of aromatic carboxylic acids is 2. The molecule has 0 saturated carbocycles. The monoisotopic (exact) mass is 394 g/mol. The quantitative estimate of drug-likeness (QED) is 0.674. The first kappa shape index (κ1) is 14.9. The molecule has 2 atom stereocenters. The summed E-state index contributed by atoms with van der Waals surface area (Å²) in [5, 5.41) is 18.6. The fourth-order valence-corrected chi connectivity index (χ4v) is 3.05. The van der Waals surface area contributed by atoms with Crippen LogP contribution in [0, 0.1) is 0 Å². The summed E-state index contributed by atoms with van der Waals surface area (Å²) in [4.78, 5) is 22.7. The van der Waals surface area contributed by atoms with Gasteiger partial charge in [0.1, 0.15) is 0 Å². The van der Waals surface area contributed by atoms with Gasteiger partial charge in [-0.2, -0.15) is 0 Å². The third kappa shape index (κ3) is 2.97. The Balaban J connectivity index is 2.75. The van der Waals surface area contributed by atoms with Gasteiger partial charge in [0.2, 0.25) is 0 Å². The van der Waals surface area contributed by atoms with Gasteiger partial charge in [0, 0.05) is 0 Å². The first-order chi connectivity index (χ1) is 9.40. The van der Waals surface area contributed by atoms with Crippen molar-refractivity contribution in [3.63, 3.8) is 0 Å². The predicted molar refractivity (Wildman–Crippen MR) is 82.2 cm³/mol. The third-order valence-electron chi connectivity index (χ3n) is 2.84. The summed E-state index contributed by atoms with van der Waals surface area (Å²) in [6.07, 6.45) is 0. The molecular weight excluding hydrogens is 382 g/mol. The summed E-state index contributed by atoms with van der Waals surface area (Å²) in [6, 6.07) is 10.1. The van der Waals surface area contributed by atoms with Crippen molar-refractivity contribution >= 4 is 54.3 Å². The van der Waals surface area contributed by atoms with E-state index in [1.165, 1.54) is 33.7 Å². The van der Waals surface area contributed by atoms with Crippen LogP contribution in [-0.4, -0.2) is 55.9 Å². The number of carboxylic acid groups (broad SMARTS) is 2. The summed E-state index contributed by atoms with van der Waals surface area (Å²) in [7, 11) is 0. The average Bonchev–Trinajstić information content (AvgIpc) is 2.38. The van der Waals surface area contributed by atoms with Gasteiger partial charge in [0.25, 0.3) is 0 Å². The van der Waals surface area contributed by atoms with Crippen molar-refractivity contribution in [1.29, 1.82) is 0 Å². The number of benzene rings is 2. The Labute approximate surface area is 132 Å². The standard InChI is InChI=1S/C14H12As2O4/c15-7-1-3-9(11(5-7)13(17)18)10-4-2-8(16)6-12(10)14(19)20/h1-6H,15-16H2,(H,17,18)(H,19,20). The molecule has 102 valence electrons. The van der Waals surface area contributed by atoms with Crippen molar-refractivity contribution in [2.75, 3.05) is 0 Å². The molecule has 0 heterocycles. The van der Waals surface area contributed by atoms with Crippen LogP contribution >= 0.6 is 0 Å². The van der Waals surface area contributed by atoms with Gasteiger partial charge in [0.05, 0.1) is 0 Å². The molecule has 0 spiro atoms. The molecule has 0 aliphatic carbocycles. The van der Waals surface area contributed by atoms with Gasteiger partial charge in [0.15, 0.2) is 0 Å². The number of carboxylic acids is 2. The summed E-state index contributed by atoms with van der Waals surface area (Å²) in [6.45, 7) is 0. The maximum atomic E-state index is 11.4. The van der Waals surface area contributed by atoms with E-state index >= 15 is 0 Å².